The topological polar surface area (TPSA) is 77.8 Å². The lowest BCUT2D eigenvalue weighted by molar-refractivity contribution is -0.173. The van der Waals surface area contributed by atoms with Crippen LogP contribution in [-0.4, -0.2) is 33.0 Å². The van der Waals surface area contributed by atoms with Gasteiger partial charge in [-0.05, 0) is 19.3 Å². The number of aliphatic hydroxyl groups excluding tert-OH is 1. The third-order valence-electron chi connectivity index (χ3n) is 11.4. The molecule has 0 saturated heterocycles. The first kappa shape index (κ1) is 49.4. The van der Waals surface area contributed by atoms with Gasteiger partial charge in [-0.15, -0.1) is 0 Å². The molecule has 0 fully saturated rings. The standard InChI is InChI=1S/C46H92O4/c1-3-5-7-9-11-13-15-17-18-19-20-21-22-23-24-25-26-27-28-29-31-33-35-37-39-41-43-46(50,45(48)49)44(47)42-40-38-36-34-32-30-16-14-12-10-8-6-4-2/h44,47,50H,3-43H2,1-2H3,(H,48,49). The Kier molecular flexibility index (Phi) is 39.1. The van der Waals surface area contributed by atoms with Gasteiger partial charge in [0, 0.05) is 0 Å². The summed E-state index contributed by atoms with van der Waals surface area (Å²) < 4.78 is 0. The molecule has 0 spiro atoms. The second-order valence-electron chi connectivity index (χ2n) is 16.4. The normalized spacial score (nSPS) is 13.5. The zero-order chi connectivity index (χ0) is 36.6. The first-order valence-corrected chi connectivity index (χ1v) is 23.1. The Labute approximate surface area is 314 Å². The van der Waals surface area contributed by atoms with E-state index >= 15 is 0 Å². The van der Waals surface area contributed by atoms with Gasteiger partial charge >= 0.3 is 5.97 Å². The molecule has 300 valence electrons. The number of carboxylic acids is 1. The van der Waals surface area contributed by atoms with Crippen LogP contribution in [0.2, 0.25) is 0 Å². The summed E-state index contributed by atoms with van der Waals surface area (Å²) in [6.07, 6.45) is 50.5. The molecule has 2 unspecified atom stereocenters. The highest BCUT2D eigenvalue weighted by atomic mass is 16.4. The Hall–Kier alpha value is -0.610. The first-order valence-electron chi connectivity index (χ1n) is 23.1. The van der Waals surface area contributed by atoms with Crippen molar-refractivity contribution in [2.24, 2.45) is 0 Å². The zero-order valence-electron chi connectivity index (χ0n) is 34.3. The van der Waals surface area contributed by atoms with E-state index in [-0.39, 0.29) is 6.42 Å². The lowest BCUT2D eigenvalue weighted by atomic mass is 9.87. The van der Waals surface area contributed by atoms with Gasteiger partial charge in [-0.25, -0.2) is 4.79 Å². The second-order valence-corrected chi connectivity index (χ2v) is 16.4. The van der Waals surface area contributed by atoms with Crippen molar-refractivity contribution in [1.29, 1.82) is 0 Å². The lowest BCUT2D eigenvalue weighted by Crippen LogP contribution is -2.49. The number of hydrogen-bond acceptors (Lipinski definition) is 3. The van der Waals surface area contributed by atoms with Crippen molar-refractivity contribution in [2.45, 2.75) is 289 Å². The first-order chi connectivity index (χ1) is 24.5. The van der Waals surface area contributed by atoms with Crippen molar-refractivity contribution in [3.63, 3.8) is 0 Å². The highest BCUT2D eigenvalue weighted by Gasteiger charge is 2.42. The van der Waals surface area contributed by atoms with Crippen LogP contribution in [0.25, 0.3) is 0 Å². The molecule has 50 heavy (non-hydrogen) atoms. The van der Waals surface area contributed by atoms with Gasteiger partial charge in [-0.2, -0.15) is 0 Å². The van der Waals surface area contributed by atoms with Crippen molar-refractivity contribution < 1.29 is 20.1 Å². The minimum atomic E-state index is -2.00. The molecule has 0 bridgehead atoms. The van der Waals surface area contributed by atoms with Crippen LogP contribution in [0.5, 0.6) is 0 Å². The van der Waals surface area contributed by atoms with Gasteiger partial charge in [0.15, 0.2) is 5.60 Å². The zero-order valence-corrected chi connectivity index (χ0v) is 34.3. The fourth-order valence-electron chi connectivity index (χ4n) is 7.72. The van der Waals surface area contributed by atoms with Gasteiger partial charge in [0.05, 0.1) is 6.10 Å². The van der Waals surface area contributed by atoms with Crippen LogP contribution in [0.3, 0.4) is 0 Å². The fourth-order valence-corrected chi connectivity index (χ4v) is 7.72. The molecule has 0 heterocycles. The molecule has 0 aromatic rings. The van der Waals surface area contributed by atoms with Crippen LogP contribution in [0, 0.1) is 0 Å². The van der Waals surface area contributed by atoms with Crippen molar-refractivity contribution in [3.8, 4) is 0 Å². The van der Waals surface area contributed by atoms with E-state index in [4.69, 9.17) is 0 Å². The Morgan fingerprint density at radius 1 is 0.380 bits per heavy atom. The molecule has 0 aliphatic carbocycles. The summed E-state index contributed by atoms with van der Waals surface area (Å²) in [5.74, 6) is -1.26. The third kappa shape index (κ3) is 33.2. The van der Waals surface area contributed by atoms with E-state index in [1.807, 2.05) is 0 Å². The highest BCUT2D eigenvalue weighted by molar-refractivity contribution is 5.77. The van der Waals surface area contributed by atoms with Gasteiger partial charge in [-0.1, -0.05) is 258 Å². The molecule has 0 aliphatic rings. The van der Waals surface area contributed by atoms with Crippen LogP contribution >= 0.6 is 0 Å². The molecule has 0 rings (SSSR count). The number of aliphatic hydroxyl groups is 2. The van der Waals surface area contributed by atoms with E-state index in [2.05, 4.69) is 13.8 Å². The number of hydrogen-bond donors (Lipinski definition) is 3. The smallest absolute Gasteiger partial charge is 0.338 e. The fraction of sp³-hybridized carbons (Fsp3) is 0.978. The predicted octanol–water partition coefficient (Wildman–Crippen LogP) is 15.2. The summed E-state index contributed by atoms with van der Waals surface area (Å²) in [5, 5.41) is 31.1. The maximum absolute atomic E-state index is 11.9. The Bertz CT molecular complexity index is 667. The van der Waals surface area contributed by atoms with Crippen LogP contribution in [0.4, 0.5) is 0 Å². The van der Waals surface area contributed by atoms with Gasteiger partial charge in [0.1, 0.15) is 0 Å². The number of aliphatic carboxylic acids is 1. The summed E-state index contributed by atoms with van der Waals surface area (Å²) in [7, 11) is 0. The minimum Gasteiger partial charge on any atom is -0.479 e. The van der Waals surface area contributed by atoms with Gasteiger partial charge in [0.25, 0.3) is 0 Å². The van der Waals surface area contributed by atoms with E-state index in [0.717, 1.165) is 32.1 Å². The number of carbonyl (C=O) groups is 1. The van der Waals surface area contributed by atoms with Crippen molar-refractivity contribution in [3.05, 3.63) is 0 Å². The Morgan fingerprint density at radius 3 is 0.800 bits per heavy atom. The Morgan fingerprint density at radius 2 is 0.580 bits per heavy atom. The Balaban J connectivity index is 3.51. The predicted molar refractivity (Wildman–Crippen MR) is 219 cm³/mol. The van der Waals surface area contributed by atoms with Crippen LogP contribution in [0.1, 0.15) is 277 Å². The minimum absolute atomic E-state index is 0.154. The van der Waals surface area contributed by atoms with Gasteiger partial charge in [0.2, 0.25) is 0 Å². The molecule has 0 aliphatic heterocycles. The average Bonchev–Trinajstić information content (AvgIpc) is 3.11. The van der Waals surface area contributed by atoms with Crippen LogP contribution in [0.15, 0.2) is 0 Å². The number of carboxylic acid groups (broad SMARTS) is 1. The second kappa shape index (κ2) is 39.6. The third-order valence-corrected chi connectivity index (χ3v) is 11.4. The number of rotatable bonds is 43. The van der Waals surface area contributed by atoms with E-state index in [1.54, 1.807) is 0 Å². The van der Waals surface area contributed by atoms with Crippen molar-refractivity contribution in [1.82, 2.24) is 0 Å². The van der Waals surface area contributed by atoms with Crippen LogP contribution < -0.4 is 0 Å². The maximum atomic E-state index is 11.9. The molecule has 4 heteroatoms. The maximum Gasteiger partial charge on any atom is 0.338 e. The summed E-state index contributed by atoms with van der Waals surface area (Å²) in [4.78, 5) is 11.9. The van der Waals surface area contributed by atoms with Gasteiger partial charge in [-0.3, -0.25) is 0 Å². The van der Waals surface area contributed by atoms with E-state index in [1.165, 1.54) is 212 Å². The number of unbranched alkanes of at least 4 members (excludes halogenated alkanes) is 37. The van der Waals surface area contributed by atoms with E-state index in [9.17, 15) is 20.1 Å². The summed E-state index contributed by atoms with van der Waals surface area (Å²) in [6.45, 7) is 4.56. The van der Waals surface area contributed by atoms with Gasteiger partial charge < -0.3 is 15.3 Å². The largest absolute Gasteiger partial charge is 0.479 e. The van der Waals surface area contributed by atoms with E-state index in [0.29, 0.717) is 12.8 Å². The molecule has 0 amide bonds. The molecule has 2 atom stereocenters. The molecular weight excluding hydrogens is 617 g/mol. The summed E-state index contributed by atoms with van der Waals surface area (Å²) in [6, 6.07) is 0. The lowest BCUT2D eigenvalue weighted by Gasteiger charge is -2.29. The monoisotopic (exact) mass is 709 g/mol. The highest BCUT2D eigenvalue weighted by Crippen LogP contribution is 2.25. The van der Waals surface area contributed by atoms with E-state index < -0.39 is 17.7 Å². The molecule has 0 radical (unpaired) electrons. The van der Waals surface area contributed by atoms with Crippen molar-refractivity contribution in [2.75, 3.05) is 0 Å². The summed E-state index contributed by atoms with van der Waals surface area (Å²) >= 11 is 0. The van der Waals surface area contributed by atoms with Crippen molar-refractivity contribution >= 4 is 5.97 Å². The summed E-state index contributed by atoms with van der Waals surface area (Å²) in [5.41, 5.74) is -2.00. The average molecular weight is 709 g/mol. The molecule has 0 saturated carbocycles. The SMILES string of the molecule is CCCCCCCCCCCCCCCCCCCCCCCCCCCCC(O)(C(=O)O)C(O)CCCCCCCCCCCCCCC. The molecule has 3 N–H and O–H groups in total. The van der Waals surface area contributed by atoms with Crippen LogP contribution in [-0.2, 0) is 4.79 Å². The quantitative estimate of drug-likeness (QED) is 0.0551. The molecule has 4 nitrogen and oxygen atoms in total. The molecule has 0 aromatic heterocycles. The molecular formula is C46H92O4. The molecule has 0 aromatic carbocycles.